The molecule has 0 amide bonds. The SMILES string of the molecule is Cc1nc2nnc(C)c(C)c2c(C)c1C. The molecule has 0 spiro atoms. The van der Waals surface area contributed by atoms with E-state index >= 15 is 0 Å². The maximum atomic E-state index is 4.46. The van der Waals surface area contributed by atoms with Crippen LogP contribution in [0.1, 0.15) is 28.1 Å². The minimum absolute atomic E-state index is 0.763. The van der Waals surface area contributed by atoms with Crippen molar-refractivity contribution in [3.63, 3.8) is 0 Å². The molecule has 2 aromatic rings. The Morgan fingerprint density at radius 2 is 1.33 bits per heavy atom. The molecule has 0 N–H and O–H groups in total. The van der Waals surface area contributed by atoms with Gasteiger partial charge in [-0.3, -0.25) is 0 Å². The van der Waals surface area contributed by atoms with Crippen LogP contribution in [0, 0.1) is 34.6 Å². The second-order valence-corrected chi connectivity index (χ2v) is 4.06. The molecule has 0 radical (unpaired) electrons. The lowest BCUT2D eigenvalue weighted by Crippen LogP contribution is -2.01. The molecule has 0 saturated heterocycles. The Morgan fingerprint density at radius 3 is 2.00 bits per heavy atom. The first-order valence-corrected chi connectivity index (χ1v) is 5.09. The van der Waals surface area contributed by atoms with Gasteiger partial charge in [0.05, 0.1) is 5.69 Å². The van der Waals surface area contributed by atoms with Crippen LogP contribution in [0.4, 0.5) is 0 Å². The number of fused-ring (bicyclic) bond motifs is 1. The van der Waals surface area contributed by atoms with Crippen LogP contribution in [0.15, 0.2) is 0 Å². The van der Waals surface area contributed by atoms with Crippen molar-refractivity contribution in [1.29, 1.82) is 0 Å². The fourth-order valence-electron chi connectivity index (χ4n) is 1.82. The van der Waals surface area contributed by atoms with Crippen molar-refractivity contribution < 1.29 is 0 Å². The van der Waals surface area contributed by atoms with E-state index in [1.807, 2.05) is 13.8 Å². The Hall–Kier alpha value is -1.51. The van der Waals surface area contributed by atoms with E-state index in [0.717, 1.165) is 22.4 Å². The standard InChI is InChI=1S/C12H15N3/c1-6-7(2)11-8(3)10(5)14-15-12(11)13-9(6)4/h1-5H3. The molecule has 0 atom stereocenters. The fourth-order valence-corrected chi connectivity index (χ4v) is 1.82. The summed E-state index contributed by atoms with van der Waals surface area (Å²) in [6.45, 7) is 10.3. The minimum Gasteiger partial charge on any atom is -0.232 e. The summed E-state index contributed by atoms with van der Waals surface area (Å²) in [5, 5.41) is 9.41. The average molecular weight is 201 g/mol. The molecule has 0 aliphatic carbocycles. The molecule has 0 aromatic carbocycles. The van der Waals surface area contributed by atoms with Gasteiger partial charge in [-0.25, -0.2) is 4.98 Å². The van der Waals surface area contributed by atoms with E-state index < -0.39 is 0 Å². The molecule has 3 nitrogen and oxygen atoms in total. The monoisotopic (exact) mass is 201 g/mol. The summed E-state index contributed by atoms with van der Waals surface area (Å²) in [5.41, 5.74) is 6.49. The van der Waals surface area contributed by atoms with Crippen LogP contribution in [0.3, 0.4) is 0 Å². The fraction of sp³-hybridized carbons (Fsp3) is 0.417. The normalized spacial score (nSPS) is 11.0. The Morgan fingerprint density at radius 1 is 0.667 bits per heavy atom. The van der Waals surface area contributed by atoms with Crippen LogP contribution in [0.5, 0.6) is 0 Å². The highest BCUT2D eigenvalue weighted by Gasteiger charge is 2.10. The van der Waals surface area contributed by atoms with Crippen molar-refractivity contribution >= 4 is 11.0 Å². The molecule has 0 bridgehead atoms. The third-order valence-electron chi connectivity index (χ3n) is 3.19. The molecule has 2 aromatic heterocycles. The average Bonchev–Trinajstić information content (AvgIpc) is 2.20. The molecule has 2 rings (SSSR count). The molecular formula is C12H15N3. The lowest BCUT2D eigenvalue weighted by molar-refractivity contribution is 0.971. The van der Waals surface area contributed by atoms with Gasteiger partial charge in [0.25, 0.3) is 0 Å². The molecule has 0 aliphatic heterocycles. The summed E-state index contributed by atoms with van der Waals surface area (Å²) in [7, 11) is 0. The first-order valence-electron chi connectivity index (χ1n) is 5.09. The van der Waals surface area contributed by atoms with Crippen LogP contribution in [-0.4, -0.2) is 15.2 Å². The molecular weight excluding hydrogens is 186 g/mol. The van der Waals surface area contributed by atoms with Crippen molar-refractivity contribution in [3.8, 4) is 0 Å². The zero-order chi connectivity index (χ0) is 11.2. The topological polar surface area (TPSA) is 38.7 Å². The van der Waals surface area contributed by atoms with Crippen LogP contribution >= 0.6 is 0 Å². The van der Waals surface area contributed by atoms with Gasteiger partial charge in [0.2, 0.25) is 0 Å². The summed E-state index contributed by atoms with van der Waals surface area (Å²) in [5.74, 6) is 0. The summed E-state index contributed by atoms with van der Waals surface area (Å²) in [6, 6.07) is 0. The number of aryl methyl sites for hydroxylation is 4. The molecule has 3 heteroatoms. The predicted molar refractivity (Wildman–Crippen MR) is 61.0 cm³/mol. The van der Waals surface area contributed by atoms with Gasteiger partial charge in [-0.2, -0.15) is 5.10 Å². The van der Waals surface area contributed by atoms with Crippen molar-refractivity contribution in [2.24, 2.45) is 0 Å². The molecule has 0 saturated carbocycles. The number of aromatic nitrogens is 3. The van der Waals surface area contributed by atoms with Crippen LogP contribution < -0.4 is 0 Å². The van der Waals surface area contributed by atoms with Crippen LogP contribution in [0.2, 0.25) is 0 Å². The van der Waals surface area contributed by atoms with Gasteiger partial charge in [0.15, 0.2) is 5.65 Å². The van der Waals surface area contributed by atoms with Crippen molar-refractivity contribution in [1.82, 2.24) is 15.2 Å². The van der Waals surface area contributed by atoms with E-state index in [9.17, 15) is 0 Å². The lowest BCUT2D eigenvalue weighted by atomic mass is 10.0. The zero-order valence-electron chi connectivity index (χ0n) is 9.84. The third-order valence-corrected chi connectivity index (χ3v) is 3.19. The Balaban J connectivity index is 3.00. The van der Waals surface area contributed by atoms with E-state index in [0.29, 0.717) is 0 Å². The van der Waals surface area contributed by atoms with Gasteiger partial charge in [-0.15, -0.1) is 5.10 Å². The van der Waals surface area contributed by atoms with Gasteiger partial charge in [-0.05, 0) is 51.3 Å². The van der Waals surface area contributed by atoms with Gasteiger partial charge in [-0.1, -0.05) is 0 Å². The van der Waals surface area contributed by atoms with Gasteiger partial charge < -0.3 is 0 Å². The van der Waals surface area contributed by atoms with Crippen molar-refractivity contribution in [2.75, 3.05) is 0 Å². The zero-order valence-corrected chi connectivity index (χ0v) is 9.84. The van der Waals surface area contributed by atoms with E-state index in [1.165, 1.54) is 16.7 Å². The van der Waals surface area contributed by atoms with Crippen LogP contribution in [-0.2, 0) is 0 Å². The molecule has 78 valence electrons. The molecule has 0 unspecified atom stereocenters. The summed E-state index contributed by atoms with van der Waals surface area (Å²) in [6.07, 6.45) is 0. The van der Waals surface area contributed by atoms with E-state index in [1.54, 1.807) is 0 Å². The first-order chi connectivity index (χ1) is 7.02. The van der Waals surface area contributed by atoms with Crippen LogP contribution in [0.25, 0.3) is 11.0 Å². The summed E-state index contributed by atoms with van der Waals surface area (Å²) < 4.78 is 0. The number of rotatable bonds is 0. The summed E-state index contributed by atoms with van der Waals surface area (Å²) in [4.78, 5) is 4.46. The molecule has 15 heavy (non-hydrogen) atoms. The smallest absolute Gasteiger partial charge is 0.182 e. The largest absolute Gasteiger partial charge is 0.232 e. The second-order valence-electron chi connectivity index (χ2n) is 4.06. The van der Waals surface area contributed by atoms with Gasteiger partial charge >= 0.3 is 0 Å². The lowest BCUT2D eigenvalue weighted by Gasteiger charge is -2.10. The highest BCUT2D eigenvalue weighted by Crippen LogP contribution is 2.24. The number of nitrogens with zero attached hydrogens (tertiary/aromatic N) is 3. The maximum Gasteiger partial charge on any atom is 0.182 e. The highest BCUT2D eigenvalue weighted by atomic mass is 15.1. The van der Waals surface area contributed by atoms with E-state index in [4.69, 9.17) is 0 Å². The number of hydrogen-bond donors (Lipinski definition) is 0. The Labute approximate surface area is 89.6 Å². The van der Waals surface area contributed by atoms with Crippen molar-refractivity contribution in [2.45, 2.75) is 34.6 Å². The number of pyridine rings is 1. The van der Waals surface area contributed by atoms with Crippen molar-refractivity contribution in [3.05, 3.63) is 28.1 Å². The second kappa shape index (κ2) is 3.26. The number of hydrogen-bond acceptors (Lipinski definition) is 3. The molecule has 0 aliphatic rings. The van der Waals surface area contributed by atoms with Gasteiger partial charge in [0.1, 0.15) is 0 Å². The van der Waals surface area contributed by atoms with Gasteiger partial charge in [0, 0.05) is 11.1 Å². The first kappa shape index (κ1) is 10.0. The molecule has 2 heterocycles. The van der Waals surface area contributed by atoms with E-state index in [2.05, 4.69) is 36.0 Å². The van der Waals surface area contributed by atoms with E-state index in [-0.39, 0.29) is 0 Å². The Kier molecular flexibility index (Phi) is 2.18. The highest BCUT2D eigenvalue weighted by molar-refractivity contribution is 5.83. The maximum absolute atomic E-state index is 4.46. The third kappa shape index (κ3) is 1.39. The molecule has 0 fully saturated rings. The quantitative estimate of drug-likeness (QED) is 0.657. The Bertz CT molecular complexity index is 544. The predicted octanol–water partition coefficient (Wildman–Crippen LogP) is 2.57. The minimum atomic E-state index is 0.763. The summed E-state index contributed by atoms with van der Waals surface area (Å²) >= 11 is 0.